The zero-order valence-electron chi connectivity index (χ0n) is 17.2. The van der Waals surface area contributed by atoms with Gasteiger partial charge in [0.15, 0.2) is 5.76 Å². The van der Waals surface area contributed by atoms with E-state index in [0.717, 1.165) is 47.9 Å². The molecule has 3 heterocycles. The number of rotatable bonds is 6. The largest absolute Gasteiger partial charge is 0.451 e. The molecular weight excluding hydrogens is 364 g/mol. The quantitative estimate of drug-likeness (QED) is 0.598. The molecular formula is C24H28N2O3. The number of likely N-dealkylation sites (tertiary alicyclic amines) is 1. The van der Waals surface area contributed by atoms with Crippen LogP contribution in [-0.2, 0) is 17.8 Å². The summed E-state index contributed by atoms with van der Waals surface area (Å²) in [5.74, 6) is 0.459. The van der Waals surface area contributed by atoms with Gasteiger partial charge in [-0.1, -0.05) is 25.5 Å². The van der Waals surface area contributed by atoms with Gasteiger partial charge >= 0.3 is 0 Å². The summed E-state index contributed by atoms with van der Waals surface area (Å²) in [5, 5.41) is 1.05. The highest BCUT2D eigenvalue weighted by atomic mass is 16.5. The van der Waals surface area contributed by atoms with E-state index in [1.807, 2.05) is 36.1 Å². The van der Waals surface area contributed by atoms with Gasteiger partial charge < -0.3 is 14.1 Å². The predicted molar refractivity (Wildman–Crippen MR) is 113 cm³/mol. The van der Waals surface area contributed by atoms with Crippen LogP contribution in [0.5, 0.6) is 0 Å². The van der Waals surface area contributed by atoms with Crippen LogP contribution in [0.3, 0.4) is 0 Å². The molecule has 1 aromatic carbocycles. The average Bonchev–Trinajstić information content (AvgIpc) is 3.09. The van der Waals surface area contributed by atoms with Gasteiger partial charge in [0.05, 0.1) is 18.4 Å². The lowest BCUT2D eigenvalue weighted by Gasteiger charge is -2.31. The summed E-state index contributed by atoms with van der Waals surface area (Å²) in [6, 6.07) is 12.1. The number of amides is 1. The Morgan fingerprint density at radius 3 is 2.79 bits per heavy atom. The number of carbonyl (C=O) groups excluding carboxylic acids is 1. The minimum absolute atomic E-state index is 0.0149. The van der Waals surface area contributed by atoms with Gasteiger partial charge in [-0.05, 0) is 56.0 Å². The highest BCUT2D eigenvalue weighted by Crippen LogP contribution is 2.28. The van der Waals surface area contributed by atoms with Crippen molar-refractivity contribution in [1.29, 1.82) is 0 Å². The van der Waals surface area contributed by atoms with Crippen molar-refractivity contribution in [3.8, 4) is 0 Å². The third-order valence-electron chi connectivity index (χ3n) is 5.66. The van der Waals surface area contributed by atoms with Crippen LogP contribution < -0.4 is 0 Å². The van der Waals surface area contributed by atoms with E-state index >= 15 is 0 Å². The maximum absolute atomic E-state index is 13.1. The van der Waals surface area contributed by atoms with E-state index in [2.05, 4.69) is 24.0 Å². The number of pyridine rings is 1. The number of hydrogen-bond donors (Lipinski definition) is 0. The smallest absolute Gasteiger partial charge is 0.289 e. The number of piperidine rings is 1. The topological polar surface area (TPSA) is 55.6 Å². The minimum Gasteiger partial charge on any atom is -0.451 e. The van der Waals surface area contributed by atoms with E-state index in [0.29, 0.717) is 25.5 Å². The molecule has 1 amide bonds. The fourth-order valence-electron chi connectivity index (χ4n) is 3.97. The summed E-state index contributed by atoms with van der Waals surface area (Å²) in [7, 11) is 0. The molecule has 0 bridgehead atoms. The highest BCUT2D eigenvalue weighted by molar-refractivity contribution is 5.99. The van der Waals surface area contributed by atoms with Crippen LogP contribution in [-0.4, -0.2) is 35.0 Å². The van der Waals surface area contributed by atoms with Gasteiger partial charge in [0.2, 0.25) is 0 Å². The molecule has 1 saturated heterocycles. The molecule has 1 fully saturated rings. The Bertz CT molecular complexity index is 972. The summed E-state index contributed by atoms with van der Waals surface area (Å²) in [4.78, 5) is 19.2. The van der Waals surface area contributed by atoms with Gasteiger partial charge in [-0.25, -0.2) is 0 Å². The first-order valence-electron chi connectivity index (χ1n) is 10.5. The number of carbonyl (C=O) groups is 1. The molecule has 2 aromatic heterocycles. The third-order valence-corrected chi connectivity index (χ3v) is 5.66. The first kappa shape index (κ1) is 19.6. The van der Waals surface area contributed by atoms with Crippen LogP contribution in [0.15, 0.2) is 47.0 Å². The first-order chi connectivity index (χ1) is 14.2. The van der Waals surface area contributed by atoms with Crippen molar-refractivity contribution in [3.63, 3.8) is 0 Å². The van der Waals surface area contributed by atoms with Gasteiger partial charge in [0, 0.05) is 30.2 Å². The summed E-state index contributed by atoms with van der Waals surface area (Å²) < 4.78 is 11.9. The van der Waals surface area contributed by atoms with Gasteiger partial charge in [0.25, 0.3) is 5.91 Å². The number of fused-ring (bicyclic) bond motifs is 1. The zero-order chi connectivity index (χ0) is 20.2. The molecule has 0 aliphatic carbocycles. The van der Waals surface area contributed by atoms with Crippen molar-refractivity contribution < 1.29 is 13.9 Å². The van der Waals surface area contributed by atoms with E-state index in [4.69, 9.17) is 9.15 Å². The monoisotopic (exact) mass is 392 g/mol. The molecule has 29 heavy (non-hydrogen) atoms. The number of nitrogens with zero attached hydrogens (tertiary/aromatic N) is 2. The lowest BCUT2D eigenvalue weighted by molar-refractivity contribution is -0.00222. The molecule has 0 N–H and O–H groups in total. The van der Waals surface area contributed by atoms with Crippen LogP contribution in [0.1, 0.15) is 53.6 Å². The third kappa shape index (κ3) is 4.35. The second-order valence-electron chi connectivity index (χ2n) is 7.76. The Hall–Kier alpha value is -2.66. The lowest BCUT2D eigenvalue weighted by atomic mass is 10.0. The Kier molecular flexibility index (Phi) is 5.95. The molecule has 0 saturated carbocycles. The summed E-state index contributed by atoms with van der Waals surface area (Å²) in [6.45, 7) is 6.04. The van der Waals surface area contributed by atoms with Crippen molar-refractivity contribution >= 4 is 16.9 Å². The second kappa shape index (κ2) is 8.78. The number of hydrogen-bond acceptors (Lipinski definition) is 4. The molecule has 0 atom stereocenters. The van der Waals surface area contributed by atoms with Gasteiger partial charge in [-0.3, -0.25) is 9.78 Å². The fraction of sp³-hybridized carbons (Fsp3) is 0.417. The number of aromatic nitrogens is 1. The molecule has 0 spiro atoms. The molecule has 1 aliphatic heterocycles. The lowest BCUT2D eigenvalue weighted by Crippen LogP contribution is -2.41. The van der Waals surface area contributed by atoms with E-state index in [1.54, 1.807) is 6.20 Å². The first-order valence-corrected chi connectivity index (χ1v) is 10.5. The maximum Gasteiger partial charge on any atom is 0.289 e. The Morgan fingerprint density at radius 2 is 2.07 bits per heavy atom. The van der Waals surface area contributed by atoms with E-state index in [9.17, 15) is 4.79 Å². The minimum atomic E-state index is -0.0149. The Labute approximate surface area is 171 Å². The summed E-state index contributed by atoms with van der Waals surface area (Å²) in [6.07, 6.45) is 5.74. The van der Waals surface area contributed by atoms with Crippen molar-refractivity contribution in [3.05, 3.63) is 65.2 Å². The number of aryl methyl sites for hydroxylation is 2. The second-order valence-corrected chi connectivity index (χ2v) is 7.76. The van der Waals surface area contributed by atoms with E-state index in [-0.39, 0.29) is 12.0 Å². The van der Waals surface area contributed by atoms with Crippen molar-refractivity contribution in [2.45, 2.75) is 52.2 Å². The van der Waals surface area contributed by atoms with Gasteiger partial charge in [-0.15, -0.1) is 0 Å². The highest BCUT2D eigenvalue weighted by Gasteiger charge is 2.28. The standard InChI is InChI=1S/C24H28N2O3/c1-3-6-18-8-9-22-21(15-18)17(2)23(29-22)24(27)26-13-10-20(11-14-26)28-16-19-7-4-5-12-25-19/h4-5,7-9,12,15,20H,3,6,10-11,13-14,16H2,1-2H3. The van der Waals surface area contributed by atoms with Crippen molar-refractivity contribution in [1.82, 2.24) is 9.88 Å². The normalized spacial score (nSPS) is 15.2. The predicted octanol–water partition coefficient (Wildman–Crippen LogP) is 4.91. The molecule has 0 unspecified atom stereocenters. The molecule has 4 rings (SSSR count). The van der Waals surface area contributed by atoms with Crippen molar-refractivity contribution in [2.24, 2.45) is 0 Å². The number of ether oxygens (including phenoxy) is 1. The van der Waals surface area contributed by atoms with Gasteiger partial charge in [0.1, 0.15) is 5.58 Å². The number of benzene rings is 1. The molecule has 0 radical (unpaired) electrons. The van der Waals surface area contributed by atoms with Crippen LogP contribution in [0, 0.1) is 6.92 Å². The summed E-state index contributed by atoms with van der Waals surface area (Å²) >= 11 is 0. The maximum atomic E-state index is 13.1. The van der Waals surface area contributed by atoms with Crippen LogP contribution in [0.25, 0.3) is 11.0 Å². The van der Waals surface area contributed by atoms with E-state index < -0.39 is 0 Å². The SMILES string of the molecule is CCCc1ccc2oc(C(=O)N3CCC(OCc4ccccn4)CC3)c(C)c2c1. The fourth-order valence-corrected chi connectivity index (χ4v) is 3.97. The van der Waals surface area contributed by atoms with Gasteiger partial charge in [-0.2, -0.15) is 0 Å². The molecule has 1 aliphatic rings. The number of furan rings is 1. The van der Waals surface area contributed by atoms with Crippen LogP contribution in [0.4, 0.5) is 0 Å². The zero-order valence-corrected chi connectivity index (χ0v) is 17.2. The molecule has 152 valence electrons. The van der Waals surface area contributed by atoms with E-state index in [1.165, 1.54) is 5.56 Å². The summed E-state index contributed by atoms with van der Waals surface area (Å²) in [5.41, 5.74) is 3.95. The Balaban J connectivity index is 1.38. The van der Waals surface area contributed by atoms with Crippen LogP contribution >= 0.6 is 0 Å². The molecule has 5 heteroatoms. The molecule has 3 aromatic rings. The van der Waals surface area contributed by atoms with Crippen LogP contribution in [0.2, 0.25) is 0 Å². The van der Waals surface area contributed by atoms with Crippen molar-refractivity contribution in [2.75, 3.05) is 13.1 Å². The molecule has 5 nitrogen and oxygen atoms in total. The average molecular weight is 392 g/mol. The Morgan fingerprint density at radius 1 is 1.24 bits per heavy atom.